The van der Waals surface area contributed by atoms with Crippen LogP contribution in [-0.2, 0) is 0 Å². The first kappa shape index (κ1) is 27.8. The Bertz CT molecular complexity index is 2580. The van der Waals surface area contributed by atoms with Crippen molar-refractivity contribution in [2.45, 2.75) is 12.6 Å². The maximum Gasteiger partial charge on any atom is 0.176 e. The number of benzene rings is 7. The normalized spacial score (nSPS) is 16.7. The van der Waals surface area contributed by atoms with Crippen molar-refractivity contribution in [3.8, 4) is 39.7 Å². The molecule has 4 nitrogen and oxygen atoms in total. The van der Waals surface area contributed by atoms with Gasteiger partial charge in [-0.25, -0.2) is 9.97 Å². The average Bonchev–Trinajstić information content (AvgIpc) is 3.62. The molecule has 2 heterocycles. The Hall–Kier alpha value is -6.26. The van der Waals surface area contributed by atoms with E-state index in [9.17, 15) is 0 Å². The third-order valence-corrected chi connectivity index (χ3v) is 9.98. The van der Waals surface area contributed by atoms with Gasteiger partial charge >= 0.3 is 0 Å². The zero-order valence-electron chi connectivity index (χ0n) is 26.7. The molecule has 7 aromatic carbocycles. The molecule has 0 fully saturated rings. The Kier molecular flexibility index (Phi) is 6.34. The van der Waals surface area contributed by atoms with E-state index in [1.54, 1.807) is 0 Å². The molecule has 0 saturated carbocycles. The summed E-state index contributed by atoms with van der Waals surface area (Å²) in [6.45, 7) is 0. The van der Waals surface area contributed by atoms with Crippen molar-refractivity contribution in [3.63, 3.8) is 0 Å². The van der Waals surface area contributed by atoms with Crippen LogP contribution in [0.15, 0.2) is 158 Å². The Labute approximate surface area is 284 Å². The van der Waals surface area contributed by atoms with Crippen LogP contribution < -0.4 is 10.1 Å². The number of rotatable bonds is 4. The highest BCUT2D eigenvalue weighted by molar-refractivity contribution is 6.15. The minimum atomic E-state index is -0.0869. The van der Waals surface area contributed by atoms with Crippen molar-refractivity contribution in [1.29, 1.82) is 0 Å². The molecule has 2 aliphatic rings. The smallest absolute Gasteiger partial charge is 0.176 e. The number of fused-ring (bicyclic) bond motifs is 7. The Morgan fingerprint density at radius 1 is 0.551 bits per heavy atom. The summed E-state index contributed by atoms with van der Waals surface area (Å²) in [7, 11) is 0. The summed E-state index contributed by atoms with van der Waals surface area (Å²) in [5.74, 6) is 1.90. The highest BCUT2D eigenvalue weighted by Gasteiger charge is 2.30. The molecule has 1 aliphatic heterocycles. The van der Waals surface area contributed by atoms with Crippen molar-refractivity contribution in [2.24, 2.45) is 5.92 Å². The van der Waals surface area contributed by atoms with Gasteiger partial charge in [-0.15, -0.1) is 0 Å². The number of hydrogen-bond acceptors (Lipinski definition) is 4. The van der Waals surface area contributed by atoms with E-state index in [-0.39, 0.29) is 12.1 Å². The molecule has 8 aromatic rings. The third kappa shape index (κ3) is 4.84. The molecule has 1 aromatic heterocycles. The van der Waals surface area contributed by atoms with Gasteiger partial charge in [0.15, 0.2) is 12.1 Å². The standard InChI is InChI=1S/C45H31N3O/c1-2-10-31(11-3-1)45-48-43-41(49-45)23-21-30-16-17-34-26-37(20-22-38(34)42(30)43)44-46-39(35-18-14-28-8-4-6-12-32(28)24-35)27-40(47-44)36-19-15-29-9-5-7-13-33(29)25-36/h1-10,12-27,31,45,48H,11H2. The number of allylic oxidation sites excluding steroid dienone is 3. The summed E-state index contributed by atoms with van der Waals surface area (Å²) in [5, 5.41) is 13.2. The maximum atomic E-state index is 6.44. The summed E-state index contributed by atoms with van der Waals surface area (Å²) >= 11 is 0. The number of hydrogen-bond donors (Lipinski definition) is 1. The lowest BCUT2D eigenvalue weighted by atomic mass is 9.97. The molecule has 232 valence electrons. The van der Waals surface area contributed by atoms with Gasteiger partial charge in [-0.05, 0) is 74.5 Å². The molecule has 0 radical (unpaired) electrons. The van der Waals surface area contributed by atoms with Gasteiger partial charge in [0.05, 0.1) is 17.1 Å². The van der Waals surface area contributed by atoms with Crippen LogP contribution in [0.25, 0.3) is 77.0 Å². The topological polar surface area (TPSA) is 47.0 Å². The lowest BCUT2D eigenvalue weighted by Gasteiger charge is -2.20. The molecule has 0 bridgehead atoms. The van der Waals surface area contributed by atoms with Crippen LogP contribution in [0.3, 0.4) is 0 Å². The molecule has 1 N–H and O–H groups in total. The molecule has 49 heavy (non-hydrogen) atoms. The van der Waals surface area contributed by atoms with Gasteiger partial charge in [-0.1, -0.05) is 127 Å². The van der Waals surface area contributed by atoms with Crippen LogP contribution in [0.2, 0.25) is 0 Å². The van der Waals surface area contributed by atoms with Gasteiger partial charge < -0.3 is 10.1 Å². The molecule has 2 unspecified atom stereocenters. The number of nitrogens with zero attached hydrogens (tertiary/aromatic N) is 2. The predicted molar refractivity (Wildman–Crippen MR) is 203 cm³/mol. The second-order valence-electron chi connectivity index (χ2n) is 13.0. The number of anilines is 1. The van der Waals surface area contributed by atoms with E-state index in [4.69, 9.17) is 14.7 Å². The summed E-state index contributed by atoms with van der Waals surface area (Å²) < 4.78 is 6.44. The first-order chi connectivity index (χ1) is 24.2. The number of nitrogens with one attached hydrogen (secondary N) is 1. The highest BCUT2D eigenvalue weighted by Crippen LogP contribution is 2.44. The van der Waals surface area contributed by atoms with Gasteiger partial charge in [-0.2, -0.15) is 0 Å². The van der Waals surface area contributed by atoms with Crippen LogP contribution in [0.4, 0.5) is 5.69 Å². The van der Waals surface area contributed by atoms with Crippen LogP contribution in [0.1, 0.15) is 6.42 Å². The SMILES string of the molecule is C1=CCC(C2Nc3c(ccc4ccc5cc(-c6nc(-c7ccc8ccccc8c7)cc(-c7ccc8ccccc8c7)n6)ccc5c34)O2)C=C1. The largest absolute Gasteiger partial charge is 0.468 e. The van der Waals surface area contributed by atoms with Gasteiger partial charge in [0, 0.05) is 28.0 Å². The maximum absolute atomic E-state index is 6.44. The van der Waals surface area contributed by atoms with Crippen molar-refractivity contribution in [1.82, 2.24) is 9.97 Å². The van der Waals surface area contributed by atoms with Crippen LogP contribution >= 0.6 is 0 Å². The van der Waals surface area contributed by atoms with E-state index < -0.39 is 0 Å². The number of ether oxygens (including phenoxy) is 1. The van der Waals surface area contributed by atoms with Crippen molar-refractivity contribution >= 4 is 48.8 Å². The third-order valence-electron chi connectivity index (χ3n) is 9.98. The van der Waals surface area contributed by atoms with Crippen molar-refractivity contribution < 1.29 is 4.74 Å². The average molecular weight is 630 g/mol. The first-order valence-electron chi connectivity index (χ1n) is 16.9. The molecule has 10 rings (SSSR count). The quantitative estimate of drug-likeness (QED) is 0.197. The minimum Gasteiger partial charge on any atom is -0.468 e. The summed E-state index contributed by atoms with van der Waals surface area (Å²) in [5.41, 5.74) is 5.97. The molecule has 0 spiro atoms. The van der Waals surface area contributed by atoms with Gasteiger partial charge in [0.25, 0.3) is 0 Å². The molecule has 4 heteroatoms. The second kappa shape index (κ2) is 11.2. The van der Waals surface area contributed by atoms with E-state index in [2.05, 4.69) is 163 Å². The van der Waals surface area contributed by atoms with Gasteiger partial charge in [-0.3, -0.25) is 0 Å². The van der Waals surface area contributed by atoms with Gasteiger partial charge in [0.1, 0.15) is 5.75 Å². The van der Waals surface area contributed by atoms with E-state index in [1.165, 1.54) is 37.7 Å². The molecular formula is C45H31N3O. The molecule has 0 saturated heterocycles. The predicted octanol–water partition coefficient (Wildman–Crippen LogP) is 11.4. The zero-order chi connectivity index (χ0) is 32.3. The Morgan fingerprint density at radius 3 is 1.86 bits per heavy atom. The molecule has 0 amide bonds. The zero-order valence-corrected chi connectivity index (χ0v) is 26.7. The van der Waals surface area contributed by atoms with E-state index in [0.717, 1.165) is 51.3 Å². The van der Waals surface area contributed by atoms with Gasteiger partial charge in [0.2, 0.25) is 0 Å². The lowest BCUT2D eigenvalue weighted by Crippen LogP contribution is -2.29. The minimum absolute atomic E-state index is 0.0869. The van der Waals surface area contributed by atoms with E-state index >= 15 is 0 Å². The molecule has 2 atom stereocenters. The van der Waals surface area contributed by atoms with Crippen LogP contribution in [0.5, 0.6) is 5.75 Å². The fourth-order valence-corrected chi connectivity index (χ4v) is 7.41. The number of aromatic nitrogens is 2. The van der Waals surface area contributed by atoms with E-state index in [1.807, 2.05) is 0 Å². The summed E-state index contributed by atoms with van der Waals surface area (Å²) in [6, 6.07) is 47.4. The summed E-state index contributed by atoms with van der Waals surface area (Å²) in [6.07, 6.45) is 9.52. The van der Waals surface area contributed by atoms with Crippen molar-refractivity contribution in [3.05, 3.63) is 158 Å². The van der Waals surface area contributed by atoms with Crippen LogP contribution in [0, 0.1) is 5.92 Å². The fraction of sp³-hybridized carbons (Fsp3) is 0.0667. The fourth-order valence-electron chi connectivity index (χ4n) is 7.41. The van der Waals surface area contributed by atoms with E-state index in [0.29, 0.717) is 5.82 Å². The van der Waals surface area contributed by atoms with Crippen LogP contribution in [-0.4, -0.2) is 16.2 Å². The Balaban J connectivity index is 1.11. The highest BCUT2D eigenvalue weighted by atomic mass is 16.5. The first-order valence-corrected chi connectivity index (χ1v) is 16.9. The summed E-state index contributed by atoms with van der Waals surface area (Å²) in [4.78, 5) is 10.4. The van der Waals surface area contributed by atoms with Crippen molar-refractivity contribution in [2.75, 3.05) is 5.32 Å². The second-order valence-corrected chi connectivity index (χ2v) is 13.0. The molecule has 1 aliphatic carbocycles. The monoisotopic (exact) mass is 629 g/mol. The molecular weight excluding hydrogens is 599 g/mol. The Morgan fingerprint density at radius 2 is 1.16 bits per heavy atom. The lowest BCUT2D eigenvalue weighted by molar-refractivity contribution is 0.204.